The topological polar surface area (TPSA) is 142 Å². The fraction of sp³-hybridized carbons (Fsp3) is 0.793. The van der Waals surface area contributed by atoms with Crippen molar-refractivity contribution in [3.63, 3.8) is 0 Å². The zero-order chi connectivity index (χ0) is 27.9. The fourth-order valence-corrected chi connectivity index (χ4v) is 5.32. The van der Waals surface area contributed by atoms with Crippen molar-refractivity contribution >= 4 is 17.0 Å². The number of hydrogen-bond acceptors (Lipinski definition) is 8. The second-order valence-corrected chi connectivity index (χ2v) is 10.9. The van der Waals surface area contributed by atoms with Crippen LogP contribution in [0, 0.1) is 0 Å². The maximum absolute atomic E-state index is 12.9. The zero-order valence-corrected chi connectivity index (χ0v) is 23.7. The first kappa shape index (κ1) is 31.2. The Morgan fingerprint density at radius 3 is 2.05 bits per heavy atom. The highest BCUT2D eigenvalue weighted by atomic mass is 16.5. The summed E-state index contributed by atoms with van der Waals surface area (Å²) in [6, 6.07) is 0. The molecule has 10 heteroatoms. The van der Waals surface area contributed by atoms with Crippen LogP contribution < -0.4 is 16.4 Å². The molecule has 3 atom stereocenters. The molecule has 0 radical (unpaired) electrons. The summed E-state index contributed by atoms with van der Waals surface area (Å²) in [7, 11) is 0. The predicted octanol–water partition coefficient (Wildman–Crippen LogP) is 4.79. The van der Waals surface area contributed by atoms with E-state index in [-0.39, 0.29) is 30.0 Å². The van der Waals surface area contributed by atoms with Gasteiger partial charge in [-0.15, -0.1) is 0 Å². The Hall–Kier alpha value is -2.30. The van der Waals surface area contributed by atoms with Gasteiger partial charge in [0.1, 0.15) is 17.8 Å². The Bertz CT molecular complexity index is 1090. The number of rotatable bonds is 20. The van der Waals surface area contributed by atoms with Crippen molar-refractivity contribution in [1.82, 2.24) is 19.5 Å². The van der Waals surface area contributed by atoms with Crippen LogP contribution in [0.25, 0.3) is 11.0 Å². The number of imidazole rings is 1. The van der Waals surface area contributed by atoms with Gasteiger partial charge in [0.05, 0.1) is 19.0 Å². The van der Waals surface area contributed by atoms with Crippen molar-refractivity contribution in [3.8, 4) is 0 Å². The van der Waals surface area contributed by atoms with Crippen LogP contribution in [-0.2, 0) is 4.74 Å². The normalized spacial score (nSPS) is 19.2. The Labute approximate surface area is 231 Å². The molecule has 0 bridgehead atoms. The van der Waals surface area contributed by atoms with Gasteiger partial charge in [-0.05, 0) is 6.42 Å². The molecule has 0 amide bonds. The number of aromatic amines is 1. The van der Waals surface area contributed by atoms with E-state index in [0.717, 1.165) is 12.8 Å². The number of hydrogen-bond donors (Lipinski definition) is 4. The Balaban J connectivity index is 1.31. The molecule has 10 nitrogen and oxygen atoms in total. The van der Waals surface area contributed by atoms with Crippen LogP contribution in [0.2, 0.25) is 0 Å². The van der Waals surface area contributed by atoms with Gasteiger partial charge in [-0.25, -0.2) is 4.98 Å². The van der Waals surface area contributed by atoms with Crippen LogP contribution in [0.3, 0.4) is 0 Å². The monoisotopic (exact) mass is 547 g/mol. The summed E-state index contributed by atoms with van der Waals surface area (Å²) >= 11 is 0. The molecular formula is C29H49N5O5. The van der Waals surface area contributed by atoms with Crippen LogP contribution in [0.1, 0.15) is 122 Å². The Morgan fingerprint density at radius 2 is 1.51 bits per heavy atom. The van der Waals surface area contributed by atoms with Crippen LogP contribution in [0.4, 0.5) is 5.95 Å². The highest BCUT2D eigenvalue weighted by Crippen LogP contribution is 2.29. The summed E-state index contributed by atoms with van der Waals surface area (Å²) in [6.07, 6.45) is 20.1. The average Bonchev–Trinajstić information content (AvgIpc) is 3.51. The summed E-state index contributed by atoms with van der Waals surface area (Å²) in [5.41, 5.74) is -1.15. The van der Waals surface area contributed by atoms with Gasteiger partial charge in [0.15, 0.2) is 5.52 Å². The number of unbranched alkanes of at least 4 members (excludes halogenated alkanes) is 15. The molecule has 39 heavy (non-hydrogen) atoms. The van der Waals surface area contributed by atoms with Gasteiger partial charge in [-0.1, -0.05) is 103 Å². The van der Waals surface area contributed by atoms with E-state index in [2.05, 4.69) is 27.2 Å². The number of aromatic nitrogens is 4. The molecule has 2 aromatic heterocycles. The van der Waals surface area contributed by atoms with Gasteiger partial charge >= 0.3 is 5.56 Å². The second-order valence-electron chi connectivity index (χ2n) is 10.9. The smallest absolute Gasteiger partial charge is 0.301 e. The molecule has 220 valence electrons. The first-order chi connectivity index (χ1) is 19.0. The lowest BCUT2D eigenvalue weighted by Crippen LogP contribution is -2.24. The van der Waals surface area contributed by atoms with E-state index in [1.807, 2.05) is 0 Å². The quantitative estimate of drug-likeness (QED) is 0.173. The number of anilines is 1. The third kappa shape index (κ3) is 9.99. The minimum absolute atomic E-state index is 0.0405. The van der Waals surface area contributed by atoms with E-state index in [4.69, 9.17) is 4.74 Å². The van der Waals surface area contributed by atoms with Crippen molar-refractivity contribution in [2.75, 3.05) is 18.5 Å². The molecule has 0 saturated carbocycles. The average molecular weight is 548 g/mol. The Kier molecular flexibility index (Phi) is 13.9. The summed E-state index contributed by atoms with van der Waals surface area (Å²) in [5.74, 6) is 0.121. The molecule has 1 fully saturated rings. The van der Waals surface area contributed by atoms with E-state index in [0.29, 0.717) is 6.54 Å². The number of fused-ring (bicyclic) bond motifs is 1. The summed E-state index contributed by atoms with van der Waals surface area (Å²) in [4.78, 5) is 36.3. The Morgan fingerprint density at radius 1 is 0.949 bits per heavy atom. The number of aliphatic hydroxyl groups excluding tert-OH is 2. The number of nitrogens with zero attached hydrogens (tertiary/aromatic N) is 3. The van der Waals surface area contributed by atoms with Crippen molar-refractivity contribution in [3.05, 3.63) is 27.0 Å². The van der Waals surface area contributed by atoms with Crippen molar-refractivity contribution in [1.29, 1.82) is 0 Å². The molecule has 1 aliphatic heterocycles. The first-order valence-electron chi connectivity index (χ1n) is 15.2. The van der Waals surface area contributed by atoms with Crippen molar-refractivity contribution in [2.45, 2.75) is 135 Å². The number of aliphatic hydroxyl groups is 2. The summed E-state index contributed by atoms with van der Waals surface area (Å²) < 4.78 is 7.06. The number of ether oxygens (including phenoxy) is 1. The minimum atomic E-state index is -0.865. The maximum Gasteiger partial charge on any atom is 0.301 e. The number of nitrogens with one attached hydrogen (secondary N) is 2. The van der Waals surface area contributed by atoms with Gasteiger partial charge in [-0.2, -0.15) is 4.98 Å². The predicted molar refractivity (Wildman–Crippen MR) is 154 cm³/mol. The molecular weight excluding hydrogens is 498 g/mol. The summed E-state index contributed by atoms with van der Waals surface area (Å²) in [6.45, 7) is 2.54. The lowest BCUT2D eigenvalue weighted by atomic mass is 10.0. The van der Waals surface area contributed by atoms with Crippen LogP contribution >= 0.6 is 0 Å². The van der Waals surface area contributed by atoms with Crippen LogP contribution in [0.15, 0.2) is 15.9 Å². The molecule has 4 N–H and O–H groups in total. The number of H-pyrrole nitrogens is 1. The lowest BCUT2D eigenvalue weighted by Gasteiger charge is -2.13. The molecule has 0 spiro atoms. The molecule has 3 heterocycles. The van der Waals surface area contributed by atoms with Gasteiger partial charge < -0.3 is 20.3 Å². The van der Waals surface area contributed by atoms with E-state index in [1.165, 1.54) is 101 Å². The molecule has 1 saturated heterocycles. The van der Waals surface area contributed by atoms with Gasteiger partial charge in [0.2, 0.25) is 5.95 Å². The van der Waals surface area contributed by atoms with E-state index >= 15 is 0 Å². The fourth-order valence-electron chi connectivity index (χ4n) is 5.32. The largest absolute Gasteiger partial charge is 0.394 e. The molecule has 3 rings (SSSR count). The molecule has 0 aromatic carbocycles. The molecule has 1 aliphatic rings. The van der Waals surface area contributed by atoms with Gasteiger partial charge in [0.25, 0.3) is 5.56 Å². The third-order valence-corrected chi connectivity index (χ3v) is 7.67. The standard InChI is InChI=1S/C29H49N5O5/c1-2-3-4-5-6-7-8-9-10-11-12-13-14-15-16-17-18-30-29-32-27(37)25-26(28(38)33-29)34(21-31-25)24-19-22(36)23(20-35)39-24/h21-24,35-36H,2-20H2,1H3,(H2,30,32,33,37,38)/t22-,23+,24-/m0/s1. The SMILES string of the molecule is CCCCCCCCCCCCCCCCCCNc1nc(=O)c2ncn([C@@H]3C[C@H](O)[C@@H](CO)O3)c2c(=O)[nH]1. The first-order valence-corrected chi connectivity index (χ1v) is 15.2. The highest BCUT2D eigenvalue weighted by Gasteiger charge is 2.35. The van der Waals surface area contributed by atoms with E-state index in [9.17, 15) is 19.8 Å². The second kappa shape index (κ2) is 17.4. The van der Waals surface area contributed by atoms with Gasteiger partial charge in [0, 0.05) is 13.0 Å². The third-order valence-electron chi connectivity index (χ3n) is 7.67. The summed E-state index contributed by atoms with van der Waals surface area (Å²) in [5, 5.41) is 22.4. The molecule has 0 unspecified atom stereocenters. The minimum Gasteiger partial charge on any atom is -0.394 e. The van der Waals surface area contributed by atoms with Crippen LogP contribution in [-0.4, -0.2) is 55.1 Å². The molecule has 0 aliphatic carbocycles. The van der Waals surface area contributed by atoms with E-state index < -0.39 is 29.6 Å². The molecule has 2 aromatic rings. The lowest BCUT2D eigenvalue weighted by molar-refractivity contribution is -0.0431. The zero-order valence-electron chi connectivity index (χ0n) is 23.7. The van der Waals surface area contributed by atoms with Crippen molar-refractivity contribution in [2.24, 2.45) is 0 Å². The maximum atomic E-state index is 12.9. The van der Waals surface area contributed by atoms with Crippen LogP contribution in [0.5, 0.6) is 0 Å². The van der Waals surface area contributed by atoms with E-state index in [1.54, 1.807) is 0 Å². The van der Waals surface area contributed by atoms with Gasteiger partial charge in [-0.3, -0.25) is 19.1 Å². The van der Waals surface area contributed by atoms with Crippen molar-refractivity contribution < 1.29 is 14.9 Å². The highest BCUT2D eigenvalue weighted by molar-refractivity contribution is 5.73.